The van der Waals surface area contributed by atoms with E-state index in [1.807, 2.05) is 0 Å². The van der Waals surface area contributed by atoms with Gasteiger partial charge in [0.05, 0.1) is 4.90 Å². The summed E-state index contributed by atoms with van der Waals surface area (Å²) in [6, 6.07) is 5.48. The zero-order valence-corrected chi connectivity index (χ0v) is 18.3. The molecule has 10 nitrogen and oxygen atoms in total. The van der Waals surface area contributed by atoms with Crippen LogP contribution in [0.5, 0.6) is 0 Å². The number of anilines is 2. The van der Waals surface area contributed by atoms with Crippen LogP contribution in [-0.2, 0) is 24.8 Å². The molecule has 0 spiro atoms. The Hall–Kier alpha value is -2.09. The highest BCUT2D eigenvalue weighted by molar-refractivity contribution is 7.94. The number of amides is 1. The van der Waals surface area contributed by atoms with E-state index in [-0.39, 0.29) is 31.9 Å². The van der Waals surface area contributed by atoms with Crippen molar-refractivity contribution in [1.29, 1.82) is 0 Å². The highest BCUT2D eigenvalue weighted by Crippen LogP contribution is 2.25. The van der Waals surface area contributed by atoms with Crippen LogP contribution in [0.1, 0.15) is 26.7 Å². The van der Waals surface area contributed by atoms with Gasteiger partial charge >= 0.3 is 0 Å². The molecular weight excluding hydrogens is 438 g/mol. The zero-order chi connectivity index (χ0) is 21.2. The highest BCUT2D eigenvalue weighted by atomic mass is 32.2. The van der Waals surface area contributed by atoms with E-state index in [0.29, 0.717) is 13.1 Å². The molecule has 0 atom stereocenters. The van der Waals surface area contributed by atoms with Gasteiger partial charge in [-0.3, -0.25) is 9.52 Å². The standard InChI is InChI=1S/C16H21N5O5S3/c1-11(2)14(22)17-15-18-19-16(27-15)28(23,24)20-12-5-7-13(8-6-12)29(25,26)21-9-3-4-10-21/h5-8,11,20H,3-4,9-10H2,1-2H3,(H,17,18,22). The van der Waals surface area contributed by atoms with Crippen LogP contribution in [0.4, 0.5) is 10.8 Å². The minimum absolute atomic E-state index is 0.0797. The van der Waals surface area contributed by atoms with Crippen molar-refractivity contribution in [3.63, 3.8) is 0 Å². The maximum absolute atomic E-state index is 12.5. The molecule has 2 N–H and O–H groups in total. The number of nitrogens with one attached hydrogen (secondary N) is 2. The Kier molecular flexibility index (Phi) is 6.22. The van der Waals surface area contributed by atoms with Gasteiger partial charge in [-0.05, 0) is 37.1 Å². The smallest absolute Gasteiger partial charge is 0.291 e. The van der Waals surface area contributed by atoms with Crippen molar-refractivity contribution in [2.45, 2.75) is 35.9 Å². The third-order valence-corrected chi connectivity index (χ3v) is 8.70. The molecule has 29 heavy (non-hydrogen) atoms. The number of nitrogens with zero attached hydrogens (tertiary/aromatic N) is 3. The van der Waals surface area contributed by atoms with E-state index >= 15 is 0 Å². The minimum Gasteiger partial charge on any atom is -0.300 e. The van der Waals surface area contributed by atoms with Crippen LogP contribution in [0.15, 0.2) is 33.5 Å². The monoisotopic (exact) mass is 459 g/mol. The van der Waals surface area contributed by atoms with E-state index in [2.05, 4.69) is 20.2 Å². The molecule has 0 unspecified atom stereocenters. The molecular formula is C16H21N5O5S3. The normalized spacial score (nSPS) is 15.6. The average Bonchev–Trinajstić information content (AvgIpc) is 3.34. The molecule has 0 aliphatic carbocycles. The molecule has 158 valence electrons. The molecule has 1 aromatic carbocycles. The van der Waals surface area contributed by atoms with Gasteiger partial charge in [-0.25, -0.2) is 8.42 Å². The van der Waals surface area contributed by atoms with Crippen LogP contribution in [0.3, 0.4) is 0 Å². The number of hydrogen-bond donors (Lipinski definition) is 2. The van der Waals surface area contributed by atoms with Gasteiger partial charge in [-0.1, -0.05) is 25.2 Å². The van der Waals surface area contributed by atoms with Crippen molar-refractivity contribution in [1.82, 2.24) is 14.5 Å². The Morgan fingerprint density at radius 2 is 1.69 bits per heavy atom. The van der Waals surface area contributed by atoms with Gasteiger partial charge in [0, 0.05) is 24.7 Å². The lowest BCUT2D eigenvalue weighted by atomic mass is 10.2. The third-order valence-electron chi connectivity index (χ3n) is 4.20. The molecule has 2 aromatic rings. The molecule has 0 bridgehead atoms. The number of sulfonamides is 2. The Morgan fingerprint density at radius 3 is 2.28 bits per heavy atom. The summed E-state index contributed by atoms with van der Waals surface area (Å²) in [7, 11) is -7.60. The largest absolute Gasteiger partial charge is 0.300 e. The number of benzene rings is 1. The van der Waals surface area contributed by atoms with Crippen LogP contribution in [-0.4, -0.2) is 50.3 Å². The van der Waals surface area contributed by atoms with E-state index in [0.717, 1.165) is 24.2 Å². The lowest BCUT2D eigenvalue weighted by Gasteiger charge is -2.15. The van der Waals surface area contributed by atoms with Crippen LogP contribution >= 0.6 is 11.3 Å². The first-order valence-electron chi connectivity index (χ1n) is 8.87. The average molecular weight is 460 g/mol. The summed E-state index contributed by atoms with van der Waals surface area (Å²) in [6.07, 6.45) is 1.66. The van der Waals surface area contributed by atoms with Gasteiger partial charge in [0.25, 0.3) is 14.4 Å². The molecule has 3 rings (SSSR count). The Morgan fingerprint density at radius 1 is 1.07 bits per heavy atom. The number of rotatable bonds is 7. The summed E-state index contributed by atoms with van der Waals surface area (Å²) in [6.45, 7) is 4.37. The van der Waals surface area contributed by atoms with Gasteiger partial charge in [-0.15, -0.1) is 10.2 Å². The Balaban J connectivity index is 1.72. The molecule has 2 heterocycles. The molecule has 1 aliphatic heterocycles. The Labute approximate surface area is 173 Å². The maximum Gasteiger partial charge on any atom is 0.291 e. The van der Waals surface area contributed by atoms with Crippen LogP contribution in [0, 0.1) is 5.92 Å². The number of carbonyl (C=O) groups is 1. The zero-order valence-electron chi connectivity index (χ0n) is 15.8. The summed E-state index contributed by atoms with van der Waals surface area (Å²) in [5.41, 5.74) is 0.188. The van der Waals surface area contributed by atoms with Crippen molar-refractivity contribution in [3.8, 4) is 0 Å². The van der Waals surface area contributed by atoms with Gasteiger partial charge in [0.15, 0.2) is 0 Å². The summed E-state index contributed by atoms with van der Waals surface area (Å²) in [5.74, 6) is -0.583. The molecule has 1 saturated heterocycles. The van der Waals surface area contributed by atoms with Gasteiger partial charge in [-0.2, -0.15) is 12.7 Å². The van der Waals surface area contributed by atoms with E-state index in [9.17, 15) is 21.6 Å². The Bertz CT molecular complexity index is 1090. The third kappa shape index (κ3) is 4.91. The molecule has 1 aliphatic rings. The fourth-order valence-electron chi connectivity index (χ4n) is 2.59. The van der Waals surface area contributed by atoms with Crippen LogP contribution in [0.25, 0.3) is 0 Å². The summed E-state index contributed by atoms with van der Waals surface area (Å²) in [5, 5.41) is 9.85. The highest BCUT2D eigenvalue weighted by Gasteiger charge is 2.27. The number of aromatic nitrogens is 2. The fraction of sp³-hybridized carbons (Fsp3) is 0.438. The molecule has 0 saturated carbocycles. The van der Waals surface area contributed by atoms with Crippen molar-refractivity contribution in [2.75, 3.05) is 23.1 Å². The molecule has 1 fully saturated rings. The lowest BCUT2D eigenvalue weighted by molar-refractivity contribution is -0.118. The van der Waals surface area contributed by atoms with Crippen molar-refractivity contribution in [3.05, 3.63) is 24.3 Å². The number of carbonyl (C=O) groups excluding carboxylic acids is 1. The van der Waals surface area contributed by atoms with Gasteiger partial charge in [0.2, 0.25) is 21.1 Å². The van der Waals surface area contributed by atoms with E-state index in [1.54, 1.807) is 13.8 Å². The van der Waals surface area contributed by atoms with Crippen molar-refractivity contribution in [2.24, 2.45) is 5.92 Å². The maximum atomic E-state index is 12.5. The predicted octanol–water partition coefficient (Wildman–Crippen LogP) is 1.72. The second-order valence-corrected chi connectivity index (χ2v) is 11.5. The minimum atomic E-state index is -4.03. The summed E-state index contributed by atoms with van der Waals surface area (Å²) < 4.78 is 53.5. The SMILES string of the molecule is CC(C)C(=O)Nc1nnc(S(=O)(=O)Nc2ccc(S(=O)(=O)N3CCCC3)cc2)s1. The van der Waals surface area contributed by atoms with Crippen LogP contribution in [0.2, 0.25) is 0 Å². The molecule has 13 heteroatoms. The topological polar surface area (TPSA) is 138 Å². The quantitative estimate of drug-likeness (QED) is 0.601. The van der Waals surface area contributed by atoms with E-state index in [4.69, 9.17) is 0 Å². The first-order chi connectivity index (χ1) is 13.6. The molecule has 0 radical (unpaired) electrons. The predicted molar refractivity (Wildman–Crippen MR) is 109 cm³/mol. The summed E-state index contributed by atoms with van der Waals surface area (Å²) in [4.78, 5) is 11.8. The fourth-order valence-corrected chi connectivity index (χ4v) is 6.07. The first kappa shape index (κ1) is 21.6. The summed E-state index contributed by atoms with van der Waals surface area (Å²) >= 11 is 0.722. The van der Waals surface area contributed by atoms with Crippen molar-refractivity contribution >= 4 is 48.1 Å². The van der Waals surface area contributed by atoms with Crippen molar-refractivity contribution < 1.29 is 21.6 Å². The number of hydrogen-bond acceptors (Lipinski definition) is 8. The molecule has 1 aromatic heterocycles. The second kappa shape index (κ2) is 8.34. The second-order valence-electron chi connectivity index (χ2n) is 6.76. The van der Waals surface area contributed by atoms with Crippen LogP contribution < -0.4 is 10.0 Å². The van der Waals surface area contributed by atoms with E-state index < -0.39 is 20.0 Å². The lowest BCUT2D eigenvalue weighted by Crippen LogP contribution is -2.27. The molecule has 1 amide bonds. The first-order valence-corrected chi connectivity index (χ1v) is 12.6. The van der Waals surface area contributed by atoms with Gasteiger partial charge in [0.1, 0.15) is 0 Å². The van der Waals surface area contributed by atoms with Gasteiger partial charge < -0.3 is 5.32 Å². The van der Waals surface area contributed by atoms with E-state index in [1.165, 1.54) is 28.6 Å².